The summed E-state index contributed by atoms with van der Waals surface area (Å²) in [7, 11) is 0. The van der Waals surface area contributed by atoms with Crippen molar-refractivity contribution in [1.29, 1.82) is 0 Å². The van der Waals surface area contributed by atoms with Gasteiger partial charge in [0.25, 0.3) is 5.91 Å². The monoisotopic (exact) mass is 284 g/mol. The zero-order valence-corrected chi connectivity index (χ0v) is 12.6. The number of nitrogens with one attached hydrogen (secondary N) is 1. The number of carbonyl (C=O) groups is 1. The number of benzene rings is 2. The average molecular weight is 284 g/mol. The van der Waals surface area contributed by atoms with E-state index in [4.69, 9.17) is 10.5 Å². The summed E-state index contributed by atoms with van der Waals surface area (Å²) < 4.78 is 5.54. The molecular formula is C17H20N2O2. The number of amides is 1. The van der Waals surface area contributed by atoms with E-state index >= 15 is 0 Å². The molecule has 0 heterocycles. The molecule has 0 saturated heterocycles. The van der Waals surface area contributed by atoms with Crippen LogP contribution < -0.4 is 15.8 Å². The molecule has 0 bridgehead atoms. The zero-order valence-electron chi connectivity index (χ0n) is 12.6. The van der Waals surface area contributed by atoms with E-state index in [1.807, 2.05) is 39.0 Å². The third-order valence-corrected chi connectivity index (χ3v) is 3.30. The first-order valence-corrected chi connectivity index (χ1v) is 6.92. The Morgan fingerprint density at radius 1 is 1.24 bits per heavy atom. The van der Waals surface area contributed by atoms with E-state index < -0.39 is 0 Å². The van der Waals surface area contributed by atoms with Gasteiger partial charge in [0.05, 0.1) is 12.3 Å². The van der Waals surface area contributed by atoms with Gasteiger partial charge in [-0.15, -0.1) is 0 Å². The topological polar surface area (TPSA) is 64.3 Å². The van der Waals surface area contributed by atoms with Crippen molar-refractivity contribution in [1.82, 2.24) is 0 Å². The normalized spacial score (nSPS) is 10.2. The van der Waals surface area contributed by atoms with Gasteiger partial charge in [0.1, 0.15) is 5.75 Å². The molecule has 2 aromatic rings. The van der Waals surface area contributed by atoms with Crippen LogP contribution in [0.25, 0.3) is 0 Å². The lowest BCUT2D eigenvalue weighted by Crippen LogP contribution is -2.15. The van der Waals surface area contributed by atoms with Crippen LogP contribution in [0.5, 0.6) is 5.75 Å². The molecule has 4 heteroatoms. The Morgan fingerprint density at radius 2 is 2.00 bits per heavy atom. The van der Waals surface area contributed by atoms with E-state index in [2.05, 4.69) is 5.32 Å². The maximum Gasteiger partial charge on any atom is 0.256 e. The molecule has 0 unspecified atom stereocenters. The fourth-order valence-electron chi connectivity index (χ4n) is 2.11. The molecule has 0 atom stereocenters. The molecule has 0 aliphatic carbocycles. The Hall–Kier alpha value is -2.49. The summed E-state index contributed by atoms with van der Waals surface area (Å²) in [6, 6.07) is 11.0. The molecule has 110 valence electrons. The van der Waals surface area contributed by atoms with Crippen molar-refractivity contribution in [2.45, 2.75) is 20.8 Å². The molecule has 0 saturated carbocycles. The van der Waals surface area contributed by atoms with Crippen molar-refractivity contribution in [2.75, 3.05) is 17.7 Å². The van der Waals surface area contributed by atoms with Gasteiger partial charge in [-0.05, 0) is 56.2 Å². The number of aryl methyl sites for hydroxylation is 1. The summed E-state index contributed by atoms with van der Waals surface area (Å²) >= 11 is 0. The Morgan fingerprint density at radius 3 is 2.71 bits per heavy atom. The lowest BCUT2D eigenvalue weighted by Gasteiger charge is -2.13. The number of nitrogen functional groups attached to an aromatic ring is 1. The lowest BCUT2D eigenvalue weighted by molar-refractivity contribution is 0.102. The van der Waals surface area contributed by atoms with Crippen LogP contribution in [-0.4, -0.2) is 12.5 Å². The smallest absolute Gasteiger partial charge is 0.256 e. The summed E-state index contributed by atoms with van der Waals surface area (Å²) in [6.07, 6.45) is 0. The number of ether oxygens (including phenoxy) is 1. The number of hydrogen-bond donors (Lipinski definition) is 2. The minimum atomic E-state index is -0.189. The molecule has 0 aromatic heterocycles. The van der Waals surface area contributed by atoms with E-state index in [0.717, 1.165) is 11.1 Å². The quantitative estimate of drug-likeness (QED) is 0.844. The predicted octanol–water partition coefficient (Wildman–Crippen LogP) is 3.54. The van der Waals surface area contributed by atoms with Crippen molar-refractivity contribution in [2.24, 2.45) is 0 Å². The standard InChI is InChI=1S/C17H20N2O2/c1-4-21-16-9-8-11(2)10-15(16)19-17(20)13-6-5-7-14(18)12(13)3/h5-10H,4,18H2,1-3H3,(H,19,20). The van der Waals surface area contributed by atoms with Crippen LogP contribution >= 0.6 is 0 Å². The van der Waals surface area contributed by atoms with Crippen molar-refractivity contribution < 1.29 is 9.53 Å². The second kappa shape index (κ2) is 6.31. The first-order valence-electron chi connectivity index (χ1n) is 6.92. The SMILES string of the molecule is CCOc1ccc(C)cc1NC(=O)c1cccc(N)c1C. The highest BCUT2D eigenvalue weighted by atomic mass is 16.5. The van der Waals surface area contributed by atoms with Crippen LogP contribution in [-0.2, 0) is 0 Å². The minimum Gasteiger partial charge on any atom is -0.492 e. The Labute approximate surface area is 124 Å². The number of carbonyl (C=O) groups excluding carboxylic acids is 1. The van der Waals surface area contributed by atoms with Crippen molar-refractivity contribution >= 4 is 17.3 Å². The largest absolute Gasteiger partial charge is 0.492 e. The van der Waals surface area contributed by atoms with Gasteiger partial charge in [-0.1, -0.05) is 12.1 Å². The third-order valence-electron chi connectivity index (χ3n) is 3.30. The molecule has 4 nitrogen and oxygen atoms in total. The van der Waals surface area contributed by atoms with Crippen LogP contribution in [0.15, 0.2) is 36.4 Å². The Kier molecular flexibility index (Phi) is 4.48. The summed E-state index contributed by atoms with van der Waals surface area (Å²) in [5.74, 6) is 0.476. The Bertz CT molecular complexity index is 666. The summed E-state index contributed by atoms with van der Waals surface area (Å²) in [4.78, 5) is 12.4. The van der Waals surface area contributed by atoms with Crippen molar-refractivity contribution in [3.63, 3.8) is 0 Å². The number of anilines is 2. The van der Waals surface area contributed by atoms with E-state index in [1.54, 1.807) is 18.2 Å². The number of hydrogen-bond acceptors (Lipinski definition) is 3. The van der Waals surface area contributed by atoms with Crippen molar-refractivity contribution in [3.05, 3.63) is 53.1 Å². The summed E-state index contributed by atoms with van der Waals surface area (Å²) in [5.41, 5.74) is 9.53. The Balaban J connectivity index is 2.31. The highest BCUT2D eigenvalue weighted by molar-refractivity contribution is 6.06. The lowest BCUT2D eigenvalue weighted by atomic mass is 10.1. The summed E-state index contributed by atoms with van der Waals surface area (Å²) in [6.45, 7) is 6.26. The maximum absolute atomic E-state index is 12.4. The van der Waals surface area contributed by atoms with Crippen LogP contribution in [0.4, 0.5) is 11.4 Å². The molecular weight excluding hydrogens is 264 g/mol. The highest BCUT2D eigenvalue weighted by Crippen LogP contribution is 2.27. The molecule has 2 rings (SSSR count). The fourth-order valence-corrected chi connectivity index (χ4v) is 2.11. The van der Waals surface area contributed by atoms with Crippen LogP contribution in [0, 0.1) is 13.8 Å². The second-order valence-electron chi connectivity index (χ2n) is 4.91. The van der Waals surface area contributed by atoms with Gasteiger partial charge < -0.3 is 15.8 Å². The minimum absolute atomic E-state index is 0.189. The van der Waals surface area contributed by atoms with Gasteiger partial charge in [-0.2, -0.15) is 0 Å². The first-order chi connectivity index (χ1) is 10.0. The molecule has 0 spiro atoms. The van der Waals surface area contributed by atoms with Crippen LogP contribution in [0.3, 0.4) is 0 Å². The molecule has 21 heavy (non-hydrogen) atoms. The van der Waals surface area contributed by atoms with Crippen LogP contribution in [0.2, 0.25) is 0 Å². The van der Waals surface area contributed by atoms with E-state index in [0.29, 0.717) is 29.3 Å². The second-order valence-corrected chi connectivity index (χ2v) is 4.91. The fraction of sp³-hybridized carbons (Fsp3) is 0.235. The molecule has 1 amide bonds. The van der Waals surface area contributed by atoms with E-state index in [1.165, 1.54) is 0 Å². The van der Waals surface area contributed by atoms with Gasteiger partial charge in [0.2, 0.25) is 0 Å². The highest BCUT2D eigenvalue weighted by Gasteiger charge is 2.13. The summed E-state index contributed by atoms with van der Waals surface area (Å²) in [5, 5.41) is 2.90. The number of nitrogens with two attached hydrogens (primary N) is 1. The molecule has 0 aliphatic heterocycles. The average Bonchev–Trinajstić information content (AvgIpc) is 2.45. The number of rotatable bonds is 4. The predicted molar refractivity (Wildman–Crippen MR) is 85.9 cm³/mol. The van der Waals surface area contributed by atoms with E-state index in [9.17, 15) is 4.79 Å². The third kappa shape index (κ3) is 3.34. The molecule has 0 radical (unpaired) electrons. The van der Waals surface area contributed by atoms with E-state index in [-0.39, 0.29) is 5.91 Å². The molecule has 3 N–H and O–H groups in total. The van der Waals surface area contributed by atoms with Crippen molar-refractivity contribution in [3.8, 4) is 5.75 Å². The van der Waals surface area contributed by atoms with Crippen LogP contribution in [0.1, 0.15) is 28.4 Å². The molecule has 2 aromatic carbocycles. The zero-order chi connectivity index (χ0) is 15.4. The molecule has 0 fully saturated rings. The van der Waals surface area contributed by atoms with Gasteiger partial charge in [0, 0.05) is 11.3 Å². The first kappa shape index (κ1) is 14.9. The van der Waals surface area contributed by atoms with Gasteiger partial charge in [0.15, 0.2) is 0 Å². The van der Waals surface area contributed by atoms with Gasteiger partial charge in [-0.3, -0.25) is 4.79 Å². The van der Waals surface area contributed by atoms with Gasteiger partial charge >= 0.3 is 0 Å². The molecule has 0 aliphatic rings. The van der Waals surface area contributed by atoms with Gasteiger partial charge in [-0.25, -0.2) is 0 Å². The maximum atomic E-state index is 12.4.